The maximum absolute atomic E-state index is 11.5. The van der Waals surface area contributed by atoms with Crippen LogP contribution in [0.25, 0.3) is 0 Å². The maximum Gasteiger partial charge on any atom is 0.159 e. The monoisotopic (exact) mass is 266 g/mol. The minimum Gasteiger partial charge on any atom is -0.356 e. The van der Waals surface area contributed by atoms with Gasteiger partial charge in [-0.1, -0.05) is 30.3 Å². The fourth-order valence-corrected chi connectivity index (χ4v) is 2.78. The minimum absolute atomic E-state index is 0.0902. The van der Waals surface area contributed by atoms with Gasteiger partial charge in [0, 0.05) is 30.8 Å². The Morgan fingerprint density at radius 2 is 2.05 bits per heavy atom. The van der Waals surface area contributed by atoms with E-state index in [1.54, 1.807) is 19.2 Å². The lowest BCUT2D eigenvalue weighted by Crippen LogP contribution is -2.20. The second kappa shape index (κ2) is 5.45. The molecule has 1 aliphatic heterocycles. The summed E-state index contributed by atoms with van der Waals surface area (Å²) >= 11 is 0. The number of benzene rings is 1. The van der Waals surface area contributed by atoms with E-state index in [0.717, 1.165) is 30.9 Å². The number of nitrogens with zero attached hydrogens (tertiary/aromatic N) is 2. The zero-order valence-corrected chi connectivity index (χ0v) is 11.6. The number of Topliss-reactive ketones (excluding diaryl/α,β-unsaturated/α-hetero) is 1. The summed E-state index contributed by atoms with van der Waals surface area (Å²) in [7, 11) is 0. The van der Waals surface area contributed by atoms with E-state index in [1.807, 2.05) is 12.1 Å². The van der Waals surface area contributed by atoms with Crippen molar-refractivity contribution in [1.82, 2.24) is 4.98 Å². The first kappa shape index (κ1) is 12.9. The summed E-state index contributed by atoms with van der Waals surface area (Å²) in [5.41, 5.74) is 2.12. The molecule has 1 aromatic carbocycles. The molecule has 1 fully saturated rings. The number of anilines is 1. The Morgan fingerprint density at radius 1 is 1.25 bits per heavy atom. The lowest BCUT2D eigenvalue weighted by atomic mass is 9.99. The van der Waals surface area contributed by atoms with Gasteiger partial charge >= 0.3 is 0 Å². The predicted octanol–water partition coefficient (Wildman–Crippen LogP) is 3.28. The number of rotatable bonds is 3. The molecule has 0 bridgehead atoms. The van der Waals surface area contributed by atoms with Gasteiger partial charge in [-0.2, -0.15) is 0 Å². The number of ketones is 1. The van der Waals surface area contributed by atoms with Crippen molar-refractivity contribution in [2.45, 2.75) is 19.3 Å². The highest BCUT2D eigenvalue weighted by atomic mass is 16.1. The summed E-state index contributed by atoms with van der Waals surface area (Å²) < 4.78 is 0. The Bertz CT molecular complexity index is 609. The molecule has 102 valence electrons. The smallest absolute Gasteiger partial charge is 0.159 e. The van der Waals surface area contributed by atoms with Gasteiger partial charge in [-0.25, -0.2) is 4.98 Å². The maximum atomic E-state index is 11.5. The molecule has 1 unspecified atom stereocenters. The Hall–Kier alpha value is -2.16. The topological polar surface area (TPSA) is 33.2 Å². The Labute approximate surface area is 119 Å². The van der Waals surface area contributed by atoms with E-state index in [0.29, 0.717) is 5.92 Å². The van der Waals surface area contributed by atoms with Crippen molar-refractivity contribution in [3.05, 3.63) is 59.8 Å². The van der Waals surface area contributed by atoms with Gasteiger partial charge in [0.15, 0.2) is 5.78 Å². The van der Waals surface area contributed by atoms with E-state index in [-0.39, 0.29) is 5.78 Å². The average Bonchev–Trinajstić information content (AvgIpc) is 2.98. The molecule has 1 saturated heterocycles. The van der Waals surface area contributed by atoms with Crippen molar-refractivity contribution in [2.75, 3.05) is 18.0 Å². The molecule has 0 saturated carbocycles. The van der Waals surface area contributed by atoms with Crippen LogP contribution in [0.5, 0.6) is 0 Å². The van der Waals surface area contributed by atoms with Gasteiger partial charge in [0.1, 0.15) is 5.82 Å². The number of pyridine rings is 1. The molecule has 0 radical (unpaired) electrons. The van der Waals surface area contributed by atoms with Crippen LogP contribution in [0.1, 0.15) is 35.2 Å². The van der Waals surface area contributed by atoms with Crippen molar-refractivity contribution in [3.63, 3.8) is 0 Å². The van der Waals surface area contributed by atoms with E-state index < -0.39 is 0 Å². The third-order valence-corrected chi connectivity index (χ3v) is 3.94. The van der Waals surface area contributed by atoms with Crippen LogP contribution in [0.2, 0.25) is 0 Å². The lowest BCUT2D eigenvalue weighted by Gasteiger charge is -2.18. The highest BCUT2D eigenvalue weighted by molar-refractivity contribution is 5.94. The first-order chi connectivity index (χ1) is 9.74. The molecular formula is C17H18N2O. The van der Waals surface area contributed by atoms with E-state index in [9.17, 15) is 4.79 Å². The molecule has 3 rings (SSSR count). The Balaban J connectivity index is 1.77. The second-order valence-corrected chi connectivity index (χ2v) is 5.30. The summed E-state index contributed by atoms with van der Waals surface area (Å²) in [5, 5.41) is 0. The van der Waals surface area contributed by atoms with Crippen LogP contribution in [0.15, 0.2) is 48.7 Å². The molecule has 2 heterocycles. The summed E-state index contributed by atoms with van der Waals surface area (Å²) in [6.07, 6.45) is 2.86. The van der Waals surface area contributed by atoms with Crippen LogP contribution in [-0.2, 0) is 0 Å². The molecule has 0 amide bonds. The van der Waals surface area contributed by atoms with E-state index >= 15 is 0 Å². The zero-order chi connectivity index (χ0) is 13.9. The zero-order valence-electron chi connectivity index (χ0n) is 11.6. The first-order valence-corrected chi connectivity index (χ1v) is 7.01. The molecule has 0 N–H and O–H groups in total. The molecule has 1 atom stereocenters. The van der Waals surface area contributed by atoms with E-state index in [1.165, 1.54) is 5.56 Å². The van der Waals surface area contributed by atoms with Gasteiger partial charge < -0.3 is 4.90 Å². The molecule has 0 spiro atoms. The highest BCUT2D eigenvalue weighted by Gasteiger charge is 2.24. The van der Waals surface area contributed by atoms with Gasteiger partial charge in [0.25, 0.3) is 0 Å². The van der Waals surface area contributed by atoms with Gasteiger partial charge in [-0.3, -0.25) is 4.79 Å². The molecule has 2 aromatic rings. The van der Waals surface area contributed by atoms with Crippen LogP contribution in [-0.4, -0.2) is 23.9 Å². The minimum atomic E-state index is 0.0902. The van der Waals surface area contributed by atoms with Crippen molar-refractivity contribution in [1.29, 1.82) is 0 Å². The third-order valence-electron chi connectivity index (χ3n) is 3.94. The number of hydrogen-bond acceptors (Lipinski definition) is 3. The molecule has 3 nitrogen and oxygen atoms in total. The molecule has 1 aromatic heterocycles. The number of aromatic nitrogens is 1. The standard InChI is InChI=1S/C17H18N2O/c1-13(20)15-7-9-18-17(11-15)19-10-8-16(12-19)14-5-3-2-4-6-14/h2-7,9,11,16H,8,10,12H2,1H3. The predicted molar refractivity (Wildman–Crippen MR) is 80.3 cm³/mol. The largest absolute Gasteiger partial charge is 0.356 e. The van der Waals surface area contributed by atoms with Crippen LogP contribution < -0.4 is 4.90 Å². The quantitative estimate of drug-likeness (QED) is 0.799. The summed E-state index contributed by atoms with van der Waals surface area (Å²) in [4.78, 5) is 18.1. The van der Waals surface area contributed by atoms with Crippen molar-refractivity contribution in [3.8, 4) is 0 Å². The van der Waals surface area contributed by atoms with Crippen LogP contribution in [0, 0.1) is 0 Å². The Morgan fingerprint density at radius 3 is 2.80 bits per heavy atom. The molecule has 3 heteroatoms. The Kier molecular flexibility index (Phi) is 3.50. The van der Waals surface area contributed by atoms with E-state index in [2.05, 4.69) is 34.1 Å². The van der Waals surface area contributed by atoms with Crippen LogP contribution in [0.3, 0.4) is 0 Å². The van der Waals surface area contributed by atoms with Gasteiger partial charge in [0.05, 0.1) is 0 Å². The lowest BCUT2D eigenvalue weighted by molar-refractivity contribution is 0.101. The third kappa shape index (κ3) is 2.57. The first-order valence-electron chi connectivity index (χ1n) is 7.01. The normalized spacial score (nSPS) is 18.2. The fourth-order valence-electron chi connectivity index (χ4n) is 2.78. The van der Waals surface area contributed by atoms with Gasteiger partial charge in [0.2, 0.25) is 0 Å². The molecule has 1 aliphatic rings. The average molecular weight is 266 g/mol. The van der Waals surface area contributed by atoms with Crippen LogP contribution in [0.4, 0.5) is 5.82 Å². The number of carbonyl (C=O) groups is 1. The van der Waals surface area contributed by atoms with Crippen molar-refractivity contribution >= 4 is 11.6 Å². The summed E-state index contributed by atoms with van der Waals surface area (Å²) in [5.74, 6) is 1.56. The van der Waals surface area contributed by atoms with Gasteiger partial charge in [-0.15, -0.1) is 0 Å². The van der Waals surface area contributed by atoms with Crippen molar-refractivity contribution in [2.24, 2.45) is 0 Å². The SMILES string of the molecule is CC(=O)c1ccnc(N2CCC(c3ccccc3)C2)c1. The highest BCUT2D eigenvalue weighted by Crippen LogP contribution is 2.29. The van der Waals surface area contributed by atoms with Gasteiger partial charge in [-0.05, 0) is 31.0 Å². The number of hydrogen-bond donors (Lipinski definition) is 0. The molecular weight excluding hydrogens is 248 g/mol. The second-order valence-electron chi connectivity index (χ2n) is 5.30. The summed E-state index contributed by atoms with van der Waals surface area (Å²) in [6, 6.07) is 14.3. The van der Waals surface area contributed by atoms with Crippen LogP contribution >= 0.6 is 0 Å². The fraction of sp³-hybridized carbons (Fsp3) is 0.294. The number of carbonyl (C=O) groups excluding carboxylic acids is 1. The van der Waals surface area contributed by atoms with E-state index in [4.69, 9.17) is 0 Å². The summed E-state index contributed by atoms with van der Waals surface area (Å²) in [6.45, 7) is 3.56. The molecule has 0 aliphatic carbocycles. The van der Waals surface area contributed by atoms with Crippen molar-refractivity contribution < 1.29 is 4.79 Å². The molecule has 20 heavy (non-hydrogen) atoms.